The Balaban J connectivity index is 2.16. The Morgan fingerprint density at radius 1 is 1.31 bits per heavy atom. The van der Waals surface area contributed by atoms with E-state index in [1.807, 2.05) is 0 Å². The maximum atomic E-state index is 5.83. The number of aromatic nitrogens is 2. The summed E-state index contributed by atoms with van der Waals surface area (Å²) in [5.41, 5.74) is 6.40. The smallest absolute Gasteiger partial charge is 0.155 e. The highest BCUT2D eigenvalue weighted by molar-refractivity contribution is 5.61. The topological polar surface area (TPSA) is 73.5 Å². The van der Waals surface area contributed by atoms with Crippen molar-refractivity contribution in [2.45, 2.75) is 12.2 Å². The van der Waals surface area contributed by atoms with Gasteiger partial charge in [0.1, 0.15) is 18.5 Å². The Hall–Kier alpha value is -1.40. The van der Waals surface area contributed by atoms with E-state index in [-0.39, 0.29) is 12.2 Å². The summed E-state index contributed by atoms with van der Waals surface area (Å²) >= 11 is 0. The molecule has 6 nitrogen and oxygen atoms in total. The third-order valence-corrected chi connectivity index (χ3v) is 2.84. The first-order chi connectivity index (χ1) is 7.76. The van der Waals surface area contributed by atoms with Crippen molar-refractivity contribution in [2.75, 3.05) is 37.9 Å². The Labute approximate surface area is 94.4 Å². The van der Waals surface area contributed by atoms with E-state index >= 15 is 0 Å². The van der Waals surface area contributed by atoms with Crippen LogP contribution in [-0.2, 0) is 9.47 Å². The molecule has 2 N–H and O–H groups in total. The largest absolute Gasteiger partial charge is 0.394 e. The van der Waals surface area contributed by atoms with Crippen molar-refractivity contribution in [3.63, 3.8) is 0 Å². The predicted molar refractivity (Wildman–Crippen MR) is 60.3 cm³/mol. The van der Waals surface area contributed by atoms with Crippen LogP contribution in [0.2, 0.25) is 0 Å². The summed E-state index contributed by atoms with van der Waals surface area (Å²) < 4.78 is 10.7. The summed E-state index contributed by atoms with van der Waals surface area (Å²) in [6, 6.07) is 0. The predicted octanol–water partition coefficient (Wildman–Crippen LogP) is -0.0912. The van der Waals surface area contributed by atoms with Gasteiger partial charge >= 0.3 is 0 Å². The van der Waals surface area contributed by atoms with Gasteiger partial charge in [0, 0.05) is 27.3 Å². The number of rotatable bonds is 3. The third kappa shape index (κ3) is 1.94. The van der Waals surface area contributed by atoms with Crippen molar-refractivity contribution in [3.05, 3.63) is 12.5 Å². The maximum absolute atomic E-state index is 5.83. The lowest BCUT2D eigenvalue weighted by molar-refractivity contribution is -0.00461. The van der Waals surface area contributed by atoms with E-state index < -0.39 is 0 Å². The fraction of sp³-hybridized carbons (Fsp3) is 0.600. The number of nitrogens with two attached hydrogens (primary N) is 1. The molecule has 1 aromatic rings. The van der Waals surface area contributed by atoms with E-state index in [0.29, 0.717) is 5.69 Å². The molecule has 1 saturated heterocycles. The first-order valence-electron chi connectivity index (χ1n) is 5.12. The van der Waals surface area contributed by atoms with Gasteiger partial charge in [0.2, 0.25) is 0 Å². The molecule has 0 aromatic carbocycles. The Morgan fingerprint density at radius 2 is 1.94 bits per heavy atom. The summed E-state index contributed by atoms with van der Waals surface area (Å²) in [7, 11) is 3.37. The molecule has 16 heavy (non-hydrogen) atoms. The summed E-state index contributed by atoms with van der Waals surface area (Å²) in [4.78, 5) is 10.1. The molecule has 1 fully saturated rings. The van der Waals surface area contributed by atoms with Gasteiger partial charge in [0.05, 0.1) is 11.9 Å². The number of nitrogens with zero attached hydrogens (tertiary/aromatic N) is 3. The van der Waals surface area contributed by atoms with Gasteiger partial charge < -0.3 is 20.1 Å². The minimum absolute atomic E-state index is 0.0550. The fourth-order valence-electron chi connectivity index (χ4n) is 1.97. The number of hydrogen-bond acceptors (Lipinski definition) is 6. The van der Waals surface area contributed by atoms with E-state index in [9.17, 15) is 0 Å². The molecule has 0 radical (unpaired) electrons. The molecule has 0 aliphatic carbocycles. The van der Waals surface area contributed by atoms with E-state index in [1.165, 1.54) is 6.33 Å². The molecule has 2 rings (SSSR count). The average Bonchev–Trinajstić information content (AvgIpc) is 2.72. The van der Waals surface area contributed by atoms with Crippen LogP contribution in [0, 0.1) is 0 Å². The number of nitrogen functional groups attached to an aromatic ring is 1. The van der Waals surface area contributed by atoms with Crippen LogP contribution in [0.15, 0.2) is 12.5 Å². The average molecular weight is 224 g/mol. The molecule has 88 valence electrons. The Morgan fingerprint density at radius 3 is 2.44 bits per heavy atom. The van der Waals surface area contributed by atoms with Crippen LogP contribution in [0.25, 0.3) is 0 Å². The van der Waals surface area contributed by atoms with E-state index in [1.54, 1.807) is 20.4 Å². The Bertz CT molecular complexity index is 348. The van der Waals surface area contributed by atoms with Crippen LogP contribution in [0.3, 0.4) is 0 Å². The molecule has 2 unspecified atom stereocenters. The number of ether oxygens (including phenoxy) is 2. The van der Waals surface area contributed by atoms with Gasteiger partial charge in [-0.15, -0.1) is 0 Å². The quantitative estimate of drug-likeness (QED) is 0.773. The van der Waals surface area contributed by atoms with Crippen molar-refractivity contribution < 1.29 is 9.47 Å². The lowest BCUT2D eigenvalue weighted by Crippen LogP contribution is -2.27. The first kappa shape index (κ1) is 11.1. The molecular formula is C10H16N4O2. The van der Waals surface area contributed by atoms with Crippen molar-refractivity contribution in [1.29, 1.82) is 0 Å². The highest BCUT2D eigenvalue weighted by atomic mass is 16.5. The Kier molecular flexibility index (Phi) is 3.21. The van der Waals surface area contributed by atoms with Crippen molar-refractivity contribution in [2.24, 2.45) is 0 Å². The van der Waals surface area contributed by atoms with E-state index in [0.717, 1.165) is 18.9 Å². The van der Waals surface area contributed by atoms with Crippen LogP contribution in [0.4, 0.5) is 11.5 Å². The van der Waals surface area contributed by atoms with Gasteiger partial charge in [0.15, 0.2) is 5.82 Å². The molecular weight excluding hydrogens is 208 g/mol. The van der Waals surface area contributed by atoms with Crippen LogP contribution < -0.4 is 10.6 Å². The zero-order chi connectivity index (χ0) is 11.5. The zero-order valence-electron chi connectivity index (χ0n) is 9.46. The normalized spacial score (nSPS) is 25.0. The minimum atomic E-state index is 0.0550. The van der Waals surface area contributed by atoms with Crippen LogP contribution >= 0.6 is 0 Å². The monoisotopic (exact) mass is 224 g/mol. The van der Waals surface area contributed by atoms with Gasteiger partial charge in [-0.05, 0) is 0 Å². The van der Waals surface area contributed by atoms with Gasteiger partial charge in [-0.1, -0.05) is 0 Å². The van der Waals surface area contributed by atoms with Crippen molar-refractivity contribution in [1.82, 2.24) is 9.97 Å². The molecule has 1 aliphatic heterocycles. The maximum Gasteiger partial charge on any atom is 0.155 e. The minimum Gasteiger partial charge on any atom is -0.394 e. The SMILES string of the molecule is COC1CN(c2ncncc2N)CC1OC. The number of hydrogen-bond donors (Lipinski definition) is 1. The highest BCUT2D eigenvalue weighted by Crippen LogP contribution is 2.25. The molecule has 2 heterocycles. The third-order valence-electron chi connectivity index (χ3n) is 2.84. The summed E-state index contributed by atoms with van der Waals surface area (Å²) in [5, 5.41) is 0. The molecule has 0 spiro atoms. The second-order valence-corrected chi connectivity index (χ2v) is 3.75. The molecule has 0 amide bonds. The molecule has 0 bridgehead atoms. The van der Waals surface area contributed by atoms with Gasteiger partial charge in [0.25, 0.3) is 0 Å². The van der Waals surface area contributed by atoms with E-state index in [2.05, 4.69) is 14.9 Å². The van der Waals surface area contributed by atoms with Gasteiger partial charge in [-0.25, -0.2) is 9.97 Å². The molecule has 1 aliphatic rings. The second kappa shape index (κ2) is 4.63. The number of anilines is 2. The fourth-order valence-corrected chi connectivity index (χ4v) is 1.97. The second-order valence-electron chi connectivity index (χ2n) is 3.75. The lowest BCUT2D eigenvalue weighted by Gasteiger charge is -2.17. The van der Waals surface area contributed by atoms with Crippen LogP contribution in [0.1, 0.15) is 0 Å². The molecule has 0 saturated carbocycles. The summed E-state index contributed by atoms with van der Waals surface area (Å²) in [6.07, 6.45) is 3.21. The molecule has 6 heteroatoms. The standard InChI is InChI=1S/C10H16N4O2/c1-15-8-4-14(5-9(8)16-2)10-7(11)3-12-6-13-10/h3,6,8-9H,4-5,11H2,1-2H3. The summed E-state index contributed by atoms with van der Waals surface area (Å²) in [6.45, 7) is 1.46. The van der Waals surface area contributed by atoms with E-state index in [4.69, 9.17) is 15.2 Å². The van der Waals surface area contributed by atoms with Crippen molar-refractivity contribution >= 4 is 11.5 Å². The van der Waals surface area contributed by atoms with Crippen molar-refractivity contribution in [3.8, 4) is 0 Å². The first-order valence-corrected chi connectivity index (χ1v) is 5.12. The van der Waals surface area contributed by atoms with Crippen LogP contribution in [0.5, 0.6) is 0 Å². The number of methoxy groups -OCH3 is 2. The van der Waals surface area contributed by atoms with Gasteiger partial charge in [-0.3, -0.25) is 0 Å². The lowest BCUT2D eigenvalue weighted by atomic mass is 10.3. The zero-order valence-corrected chi connectivity index (χ0v) is 9.46. The van der Waals surface area contributed by atoms with Crippen LogP contribution in [-0.4, -0.2) is 49.5 Å². The van der Waals surface area contributed by atoms with Gasteiger partial charge in [-0.2, -0.15) is 0 Å². The summed E-state index contributed by atoms with van der Waals surface area (Å²) in [5.74, 6) is 0.747. The molecule has 1 aromatic heterocycles. The molecule has 2 atom stereocenters. The highest BCUT2D eigenvalue weighted by Gasteiger charge is 2.34.